The molecule has 4 nitrogen and oxygen atoms in total. The second kappa shape index (κ2) is 6.45. The zero-order chi connectivity index (χ0) is 15.4. The molecule has 0 aliphatic carbocycles. The minimum absolute atomic E-state index is 0.0528. The molecule has 1 aromatic rings. The molecule has 0 unspecified atom stereocenters. The Bertz CT molecular complexity index is 542. The summed E-state index contributed by atoms with van der Waals surface area (Å²) >= 11 is 0. The highest BCUT2D eigenvalue weighted by Crippen LogP contribution is 2.24. The van der Waals surface area contributed by atoms with E-state index in [2.05, 4.69) is 5.32 Å². The number of alkyl halides is 3. The molecule has 0 amide bonds. The highest BCUT2D eigenvalue weighted by atomic mass is 32.2. The van der Waals surface area contributed by atoms with Crippen molar-refractivity contribution in [2.75, 3.05) is 26.0 Å². The van der Waals surface area contributed by atoms with Crippen LogP contribution in [-0.4, -0.2) is 39.5 Å². The van der Waals surface area contributed by atoms with Gasteiger partial charge in [-0.2, -0.15) is 13.2 Å². The van der Waals surface area contributed by atoms with Crippen LogP contribution in [0.2, 0.25) is 0 Å². The lowest BCUT2D eigenvalue weighted by Gasteiger charge is -2.16. The van der Waals surface area contributed by atoms with Crippen LogP contribution in [0.3, 0.4) is 0 Å². The van der Waals surface area contributed by atoms with Crippen LogP contribution in [0.1, 0.15) is 12.8 Å². The van der Waals surface area contributed by atoms with Gasteiger partial charge in [-0.15, -0.1) is 0 Å². The van der Waals surface area contributed by atoms with E-state index < -0.39 is 22.6 Å². The van der Waals surface area contributed by atoms with Crippen molar-refractivity contribution >= 4 is 15.7 Å². The van der Waals surface area contributed by atoms with E-state index in [1.165, 1.54) is 26.2 Å². The molecule has 1 N–H and O–H groups in total. The van der Waals surface area contributed by atoms with E-state index in [-0.39, 0.29) is 17.9 Å². The lowest BCUT2D eigenvalue weighted by molar-refractivity contribution is -0.134. The Balaban J connectivity index is 2.78. The number of hydrogen-bond donors (Lipinski definition) is 1. The van der Waals surface area contributed by atoms with E-state index in [4.69, 9.17) is 0 Å². The number of nitrogens with zero attached hydrogens (tertiary/aromatic N) is 1. The van der Waals surface area contributed by atoms with E-state index >= 15 is 0 Å². The summed E-state index contributed by atoms with van der Waals surface area (Å²) in [5.74, 6) is 0. The van der Waals surface area contributed by atoms with E-state index in [1.807, 2.05) is 0 Å². The Morgan fingerprint density at radius 3 is 2.35 bits per heavy atom. The minimum atomic E-state index is -4.20. The Hall–Kier alpha value is -1.28. The SMILES string of the molecule is CN(C)S(=O)(=O)c1ccccc1NCCCC(F)(F)F. The Morgan fingerprint density at radius 2 is 1.80 bits per heavy atom. The highest BCUT2D eigenvalue weighted by molar-refractivity contribution is 7.89. The standard InChI is InChI=1S/C12H17F3N2O2S/c1-17(2)20(18,19)11-7-4-3-6-10(11)16-9-5-8-12(13,14)15/h3-4,6-7,16H,5,8-9H2,1-2H3. The number of sulfonamides is 1. The van der Waals surface area contributed by atoms with E-state index in [0.717, 1.165) is 4.31 Å². The van der Waals surface area contributed by atoms with Crippen molar-refractivity contribution in [1.82, 2.24) is 4.31 Å². The molecule has 0 atom stereocenters. The molecule has 20 heavy (non-hydrogen) atoms. The first-order valence-corrected chi connectivity index (χ1v) is 7.41. The average molecular weight is 310 g/mol. The summed E-state index contributed by atoms with van der Waals surface area (Å²) in [5.41, 5.74) is 0.309. The molecule has 0 aliphatic rings. The van der Waals surface area contributed by atoms with Gasteiger partial charge in [0.2, 0.25) is 10.0 Å². The molecule has 0 bridgehead atoms. The molecule has 0 saturated carbocycles. The number of benzene rings is 1. The molecule has 0 heterocycles. The van der Waals surface area contributed by atoms with Crippen LogP contribution in [0.4, 0.5) is 18.9 Å². The zero-order valence-electron chi connectivity index (χ0n) is 11.2. The normalized spacial score (nSPS) is 12.7. The molecule has 0 fully saturated rings. The summed E-state index contributed by atoms with van der Waals surface area (Å²) in [6.45, 7) is 0.0550. The van der Waals surface area contributed by atoms with E-state index in [1.54, 1.807) is 12.1 Å². The highest BCUT2D eigenvalue weighted by Gasteiger charge is 2.26. The van der Waals surface area contributed by atoms with Gasteiger partial charge in [-0.25, -0.2) is 12.7 Å². The van der Waals surface area contributed by atoms with E-state index in [9.17, 15) is 21.6 Å². The van der Waals surface area contributed by atoms with Gasteiger partial charge in [-0.3, -0.25) is 0 Å². The van der Waals surface area contributed by atoms with Crippen molar-refractivity contribution in [3.05, 3.63) is 24.3 Å². The fraction of sp³-hybridized carbons (Fsp3) is 0.500. The Morgan fingerprint density at radius 1 is 1.20 bits per heavy atom. The summed E-state index contributed by atoms with van der Waals surface area (Å²) in [6, 6.07) is 6.14. The van der Waals surface area contributed by atoms with Crippen LogP contribution in [-0.2, 0) is 10.0 Å². The second-order valence-electron chi connectivity index (χ2n) is 4.43. The van der Waals surface area contributed by atoms with Gasteiger partial charge in [0.15, 0.2) is 0 Å². The molecule has 114 valence electrons. The van der Waals surface area contributed by atoms with Gasteiger partial charge in [-0.1, -0.05) is 12.1 Å². The topological polar surface area (TPSA) is 49.4 Å². The van der Waals surface area contributed by atoms with Crippen molar-refractivity contribution in [3.8, 4) is 0 Å². The number of nitrogens with one attached hydrogen (secondary N) is 1. The first kappa shape index (κ1) is 16.8. The van der Waals surface area contributed by atoms with Crippen molar-refractivity contribution < 1.29 is 21.6 Å². The maximum Gasteiger partial charge on any atom is 0.389 e. The van der Waals surface area contributed by atoms with Gasteiger partial charge < -0.3 is 5.32 Å². The van der Waals surface area contributed by atoms with Gasteiger partial charge in [0.25, 0.3) is 0 Å². The lowest BCUT2D eigenvalue weighted by atomic mass is 10.2. The van der Waals surface area contributed by atoms with Crippen LogP contribution in [0, 0.1) is 0 Å². The number of para-hydroxylation sites is 1. The van der Waals surface area contributed by atoms with Gasteiger partial charge in [0.1, 0.15) is 4.90 Å². The summed E-state index contributed by atoms with van der Waals surface area (Å²) in [5, 5.41) is 2.74. The maximum absolute atomic E-state index is 12.1. The summed E-state index contributed by atoms with van der Waals surface area (Å²) in [4.78, 5) is 0.0528. The van der Waals surface area contributed by atoms with Crippen molar-refractivity contribution in [3.63, 3.8) is 0 Å². The largest absolute Gasteiger partial charge is 0.389 e. The van der Waals surface area contributed by atoms with Crippen molar-refractivity contribution in [1.29, 1.82) is 0 Å². The second-order valence-corrected chi connectivity index (χ2v) is 6.55. The van der Waals surface area contributed by atoms with Gasteiger partial charge in [-0.05, 0) is 18.6 Å². The summed E-state index contributed by atoms with van der Waals surface area (Å²) < 4.78 is 61.2. The van der Waals surface area contributed by atoms with Crippen LogP contribution < -0.4 is 5.32 Å². The molecular weight excluding hydrogens is 293 g/mol. The predicted molar refractivity (Wildman–Crippen MR) is 71.1 cm³/mol. The van der Waals surface area contributed by atoms with Crippen LogP contribution in [0.5, 0.6) is 0 Å². The smallest absolute Gasteiger partial charge is 0.384 e. The van der Waals surface area contributed by atoms with Crippen LogP contribution in [0.15, 0.2) is 29.2 Å². The van der Waals surface area contributed by atoms with Crippen LogP contribution >= 0.6 is 0 Å². The number of hydrogen-bond acceptors (Lipinski definition) is 3. The Kier molecular flexibility index (Phi) is 5.41. The van der Waals surface area contributed by atoms with Gasteiger partial charge >= 0.3 is 6.18 Å². The van der Waals surface area contributed by atoms with Crippen molar-refractivity contribution in [2.45, 2.75) is 23.9 Å². The molecule has 0 aromatic heterocycles. The third-order valence-electron chi connectivity index (χ3n) is 2.60. The number of rotatable bonds is 6. The molecular formula is C12H17F3N2O2S. The average Bonchev–Trinajstić information content (AvgIpc) is 2.33. The van der Waals surface area contributed by atoms with Crippen molar-refractivity contribution in [2.24, 2.45) is 0 Å². The van der Waals surface area contributed by atoms with Gasteiger partial charge in [0, 0.05) is 27.1 Å². The monoisotopic (exact) mass is 310 g/mol. The summed E-state index contributed by atoms with van der Waals surface area (Å²) in [6.07, 6.45) is -5.21. The summed E-state index contributed by atoms with van der Waals surface area (Å²) in [7, 11) is -0.827. The first-order valence-electron chi connectivity index (χ1n) is 5.97. The fourth-order valence-electron chi connectivity index (χ4n) is 1.55. The first-order chi connectivity index (χ1) is 9.14. The molecule has 1 aromatic carbocycles. The molecule has 0 saturated heterocycles. The van der Waals surface area contributed by atoms with Gasteiger partial charge in [0.05, 0.1) is 5.69 Å². The molecule has 0 aliphatic heterocycles. The molecule has 1 rings (SSSR count). The third-order valence-corrected chi connectivity index (χ3v) is 4.47. The maximum atomic E-state index is 12.1. The lowest BCUT2D eigenvalue weighted by Crippen LogP contribution is -2.23. The fourth-order valence-corrected chi connectivity index (χ4v) is 2.61. The van der Waals surface area contributed by atoms with Crippen LogP contribution in [0.25, 0.3) is 0 Å². The Labute approximate surface area is 116 Å². The third kappa shape index (κ3) is 4.68. The molecule has 0 spiro atoms. The zero-order valence-corrected chi connectivity index (χ0v) is 12.1. The molecule has 0 radical (unpaired) electrons. The minimum Gasteiger partial charge on any atom is -0.384 e. The van der Waals surface area contributed by atoms with E-state index in [0.29, 0.717) is 5.69 Å². The number of halogens is 3. The number of anilines is 1. The molecule has 8 heteroatoms. The quantitative estimate of drug-likeness (QED) is 0.822. The predicted octanol–water partition coefficient (Wildman–Crippen LogP) is 2.69.